The summed E-state index contributed by atoms with van der Waals surface area (Å²) < 4.78 is 0. The highest BCUT2D eigenvalue weighted by atomic mass is 16.3. The molecule has 1 saturated heterocycles. The van der Waals surface area contributed by atoms with Crippen molar-refractivity contribution in [3.8, 4) is 0 Å². The molecule has 2 atom stereocenters. The van der Waals surface area contributed by atoms with Crippen LogP contribution in [0, 0.1) is 0 Å². The Morgan fingerprint density at radius 2 is 2.29 bits per heavy atom. The average Bonchev–Trinajstić information content (AvgIpc) is 2.41. The Morgan fingerprint density at radius 3 is 2.71 bits per heavy atom. The van der Waals surface area contributed by atoms with Gasteiger partial charge in [0.2, 0.25) is 13.8 Å². The van der Waals surface area contributed by atoms with Gasteiger partial charge >= 0.3 is 0 Å². The van der Waals surface area contributed by atoms with Crippen LogP contribution >= 0.6 is 0 Å². The van der Waals surface area contributed by atoms with Gasteiger partial charge in [0.15, 0.2) is 5.81 Å². The zero-order valence-corrected chi connectivity index (χ0v) is 8.06. The molecule has 1 rings (SSSR count). The molecule has 0 aromatic heterocycles. The second-order valence-electron chi connectivity index (χ2n) is 3.50. The molecule has 2 radical (unpaired) electrons. The van der Waals surface area contributed by atoms with Crippen molar-refractivity contribution in [3.05, 3.63) is 0 Å². The Bertz CT molecular complexity index is 247. The number of nitrogens with one attached hydrogen (secondary N) is 1. The summed E-state index contributed by atoms with van der Waals surface area (Å²) in [6.45, 7) is 2.09. The van der Waals surface area contributed by atoms with Crippen LogP contribution in [0.4, 0.5) is 4.79 Å². The summed E-state index contributed by atoms with van der Waals surface area (Å²) in [6, 6.07) is 0.0205. The topological polar surface area (TPSA) is 69.6 Å². The molecule has 6 heteroatoms. The second kappa shape index (κ2) is 4.46. The van der Waals surface area contributed by atoms with E-state index in [2.05, 4.69) is 5.32 Å². The number of aliphatic hydroxyl groups is 1. The first kappa shape index (κ1) is 11.0. The fourth-order valence-electron chi connectivity index (χ4n) is 1.61. The van der Waals surface area contributed by atoms with E-state index in [4.69, 9.17) is 7.85 Å². The smallest absolute Gasteiger partial charge is 0.242 e. The van der Waals surface area contributed by atoms with E-state index in [0.717, 1.165) is 0 Å². The van der Waals surface area contributed by atoms with Crippen LogP contribution in [-0.2, 0) is 4.79 Å². The number of likely N-dealkylation sites (tertiary alicyclic amines) is 1. The minimum atomic E-state index is -0.717. The van der Waals surface area contributed by atoms with Gasteiger partial charge in [-0.2, -0.15) is 0 Å². The van der Waals surface area contributed by atoms with Crippen LogP contribution in [0.5, 0.6) is 0 Å². The van der Waals surface area contributed by atoms with Gasteiger partial charge in [-0.25, -0.2) is 0 Å². The lowest BCUT2D eigenvalue weighted by Gasteiger charge is -2.21. The molecule has 1 aliphatic heterocycles. The Morgan fingerprint density at radius 1 is 1.64 bits per heavy atom. The number of amides is 2. The standard InChI is InChI=1S/C8H13BN2O3/c1-5-2-6(12)4-11(5)7(13)3-10-8(9)14/h5-6,12H,2-4H2,1H3,(H,10,14)/t5-,6-/m1/s1. The lowest BCUT2D eigenvalue weighted by Crippen LogP contribution is -2.41. The number of carbonyl (C=O) groups is 2. The number of aliphatic hydroxyl groups excluding tert-OH is 1. The first-order valence-corrected chi connectivity index (χ1v) is 4.51. The molecule has 14 heavy (non-hydrogen) atoms. The molecule has 2 amide bonds. The second-order valence-corrected chi connectivity index (χ2v) is 3.50. The lowest BCUT2D eigenvalue weighted by molar-refractivity contribution is -0.130. The van der Waals surface area contributed by atoms with Crippen molar-refractivity contribution in [2.45, 2.75) is 25.5 Å². The fourth-order valence-corrected chi connectivity index (χ4v) is 1.61. The van der Waals surface area contributed by atoms with E-state index in [1.807, 2.05) is 6.92 Å². The van der Waals surface area contributed by atoms with Gasteiger partial charge in [-0.05, 0) is 13.3 Å². The summed E-state index contributed by atoms with van der Waals surface area (Å²) in [5, 5.41) is 11.5. The van der Waals surface area contributed by atoms with Crippen LogP contribution in [-0.4, -0.2) is 54.8 Å². The molecule has 5 nitrogen and oxygen atoms in total. The number of nitrogens with zero attached hydrogens (tertiary/aromatic N) is 1. The molecule has 76 valence electrons. The SMILES string of the molecule is [B]C(=O)NCC(=O)N1C[C@H](O)C[C@H]1C. The van der Waals surface area contributed by atoms with E-state index in [9.17, 15) is 14.7 Å². The first-order chi connectivity index (χ1) is 6.50. The third-order valence-electron chi connectivity index (χ3n) is 2.29. The van der Waals surface area contributed by atoms with E-state index in [-0.39, 0.29) is 18.5 Å². The van der Waals surface area contributed by atoms with Crippen molar-refractivity contribution in [2.75, 3.05) is 13.1 Å². The molecule has 0 bridgehead atoms. The number of rotatable bonds is 2. The fraction of sp³-hybridized carbons (Fsp3) is 0.750. The zero-order valence-electron chi connectivity index (χ0n) is 8.06. The summed E-state index contributed by atoms with van der Waals surface area (Å²) in [6.07, 6.45) is 0.130. The van der Waals surface area contributed by atoms with Crippen LogP contribution in [0.1, 0.15) is 13.3 Å². The Kier molecular flexibility index (Phi) is 3.52. The summed E-state index contributed by atoms with van der Waals surface area (Å²) in [4.78, 5) is 23.3. The van der Waals surface area contributed by atoms with E-state index < -0.39 is 11.9 Å². The summed E-state index contributed by atoms with van der Waals surface area (Å²) in [7, 11) is 4.83. The normalized spacial score (nSPS) is 26.3. The van der Waals surface area contributed by atoms with E-state index in [1.54, 1.807) is 4.90 Å². The molecule has 0 unspecified atom stereocenters. The molecule has 1 heterocycles. The van der Waals surface area contributed by atoms with Crippen molar-refractivity contribution in [3.63, 3.8) is 0 Å². The molecule has 1 aliphatic rings. The Labute approximate surface area is 83.9 Å². The van der Waals surface area contributed by atoms with Crippen LogP contribution in [0.3, 0.4) is 0 Å². The molecule has 0 aromatic rings. The maximum absolute atomic E-state index is 11.5. The molecule has 0 aliphatic carbocycles. The van der Waals surface area contributed by atoms with Gasteiger partial charge in [-0.1, -0.05) is 0 Å². The quantitative estimate of drug-likeness (QED) is 0.547. The van der Waals surface area contributed by atoms with Gasteiger partial charge in [0.05, 0.1) is 12.6 Å². The predicted octanol–water partition coefficient (Wildman–Crippen LogP) is -1.15. The third kappa shape index (κ3) is 2.73. The van der Waals surface area contributed by atoms with Gasteiger partial charge in [0.1, 0.15) is 0 Å². The number of hydrogen-bond acceptors (Lipinski definition) is 3. The van der Waals surface area contributed by atoms with Crippen LogP contribution < -0.4 is 5.32 Å². The average molecular weight is 196 g/mol. The molecule has 0 saturated carbocycles. The molecule has 0 spiro atoms. The lowest BCUT2D eigenvalue weighted by atomic mass is 10.1. The zero-order chi connectivity index (χ0) is 10.7. The third-order valence-corrected chi connectivity index (χ3v) is 2.29. The van der Waals surface area contributed by atoms with Crippen molar-refractivity contribution in [2.24, 2.45) is 0 Å². The van der Waals surface area contributed by atoms with Gasteiger partial charge in [-0.3, -0.25) is 9.59 Å². The number of carbonyl (C=O) groups excluding carboxylic acids is 2. The minimum Gasteiger partial charge on any atom is -0.391 e. The van der Waals surface area contributed by atoms with Crippen molar-refractivity contribution in [1.82, 2.24) is 10.2 Å². The molecule has 2 N–H and O–H groups in total. The first-order valence-electron chi connectivity index (χ1n) is 4.51. The molecule has 1 fully saturated rings. The van der Waals surface area contributed by atoms with E-state index in [1.165, 1.54) is 0 Å². The summed E-state index contributed by atoms with van der Waals surface area (Å²) in [5.74, 6) is -0.932. The highest BCUT2D eigenvalue weighted by Gasteiger charge is 2.30. The van der Waals surface area contributed by atoms with Gasteiger partial charge in [-0.15, -0.1) is 0 Å². The summed E-state index contributed by atoms with van der Waals surface area (Å²) >= 11 is 0. The molecule has 0 aromatic carbocycles. The van der Waals surface area contributed by atoms with Gasteiger partial charge in [0, 0.05) is 12.6 Å². The van der Waals surface area contributed by atoms with Crippen LogP contribution in [0.15, 0.2) is 0 Å². The minimum absolute atomic E-state index is 0.0205. The van der Waals surface area contributed by atoms with Gasteiger partial charge < -0.3 is 15.3 Å². The van der Waals surface area contributed by atoms with Gasteiger partial charge in [0.25, 0.3) is 0 Å². The maximum Gasteiger partial charge on any atom is 0.242 e. The predicted molar refractivity (Wildman–Crippen MR) is 51.0 cm³/mol. The van der Waals surface area contributed by atoms with Crippen LogP contribution in [0.2, 0.25) is 0 Å². The highest BCUT2D eigenvalue weighted by molar-refractivity contribution is 6.57. The maximum atomic E-state index is 11.5. The van der Waals surface area contributed by atoms with E-state index >= 15 is 0 Å². The van der Waals surface area contributed by atoms with Crippen molar-refractivity contribution < 1.29 is 14.7 Å². The monoisotopic (exact) mass is 196 g/mol. The highest BCUT2D eigenvalue weighted by Crippen LogP contribution is 2.16. The number of hydrogen-bond donors (Lipinski definition) is 2. The largest absolute Gasteiger partial charge is 0.391 e. The molecular weight excluding hydrogens is 183 g/mol. The molecular formula is C8H13BN2O3. The Balaban J connectivity index is 2.41. The van der Waals surface area contributed by atoms with Crippen LogP contribution in [0.25, 0.3) is 0 Å². The van der Waals surface area contributed by atoms with Crippen molar-refractivity contribution >= 4 is 19.6 Å². The summed E-state index contributed by atoms with van der Waals surface area (Å²) in [5.41, 5.74) is 0. The van der Waals surface area contributed by atoms with E-state index in [0.29, 0.717) is 13.0 Å². The number of β-amino-alcohol motifs (C(OH)–C–C–N with tert-alkyl or cyclic N) is 1. The van der Waals surface area contributed by atoms with Crippen molar-refractivity contribution in [1.29, 1.82) is 0 Å². The Hall–Kier alpha value is -1.04.